The first kappa shape index (κ1) is 11.1. The number of hydrogen-bond acceptors (Lipinski definition) is 3. The van der Waals surface area contributed by atoms with E-state index in [1.807, 2.05) is 6.07 Å². The Balaban J connectivity index is 3.49. The van der Waals surface area contributed by atoms with Gasteiger partial charge in [0, 0.05) is 10.2 Å². The van der Waals surface area contributed by atoms with Gasteiger partial charge < -0.3 is 5.11 Å². The zero-order chi connectivity index (χ0) is 10.7. The molecule has 1 aromatic rings. The number of rotatable bonds is 2. The van der Waals surface area contributed by atoms with E-state index in [-0.39, 0.29) is 11.1 Å². The number of carbonyl (C=O) groups is 1. The van der Waals surface area contributed by atoms with Crippen LogP contribution in [0.5, 0.6) is 0 Å². The second-order valence-electron chi connectivity index (χ2n) is 2.55. The van der Waals surface area contributed by atoms with Gasteiger partial charge in [0.2, 0.25) is 0 Å². The number of nitriles is 1. The summed E-state index contributed by atoms with van der Waals surface area (Å²) in [5.74, 6) is -1.13. The first-order chi connectivity index (χ1) is 6.61. The fourth-order valence-corrected chi connectivity index (χ4v) is 2.11. The molecule has 0 atom stereocenters. The van der Waals surface area contributed by atoms with Crippen LogP contribution >= 0.6 is 28.6 Å². The summed E-state index contributed by atoms with van der Waals surface area (Å²) < 4.78 is 0. The van der Waals surface area contributed by atoms with Gasteiger partial charge in [-0.05, 0) is 11.6 Å². The summed E-state index contributed by atoms with van der Waals surface area (Å²) in [7, 11) is 0. The Kier molecular flexibility index (Phi) is 3.55. The van der Waals surface area contributed by atoms with Gasteiger partial charge in [-0.3, -0.25) is 0 Å². The van der Waals surface area contributed by atoms with Gasteiger partial charge in [0.25, 0.3) is 0 Å². The van der Waals surface area contributed by atoms with Crippen LogP contribution in [0.3, 0.4) is 0 Å². The molecule has 5 heteroatoms. The molecule has 0 spiro atoms. The lowest BCUT2D eigenvalue weighted by Crippen LogP contribution is -2.03. The maximum absolute atomic E-state index is 10.9. The smallest absolute Gasteiger partial charge is 0.338 e. The Morgan fingerprint density at radius 3 is 2.71 bits per heavy atom. The molecule has 1 N–H and O–H groups in total. The van der Waals surface area contributed by atoms with Crippen LogP contribution in [0.1, 0.15) is 21.5 Å². The topological polar surface area (TPSA) is 61.1 Å². The van der Waals surface area contributed by atoms with E-state index in [1.54, 1.807) is 6.07 Å². The van der Waals surface area contributed by atoms with Gasteiger partial charge in [0.05, 0.1) is 11.1 Å². The fraction of sp³-hybridized carbons (Fsp3) is 0.111. The van der Waals surface area contributed by atoms with E-state index in [9.17, 15) is 4.79 Å². The van der Waals surface area contributed by atoms with Crippen LogP contribution in [0.2, 0.25) is 0 Å². The normalized spacial score (nSPS) is 9.50. The van der Waals surface area contributed by atoms with Gasteiger partial charge in [0.15, 0.2) is 0 Å². The number of thiol groups is 1. The number of alkyl halides is 1. The minimum Gasteiger partial charge on any atom is -0.478 e. The summed E-state index contributed by atoms with van der Waals surface area (Å²) in [4.78, 5) is 11.2. The van der Waals surface area contributed by atoms with E-state index in [0.717, 1.165) is 5.56 Å². The highest BCUT2D eigenvalue weighted by Gasteiger charge is 2.16. The summed E-state index contributed by atoms with van der Waals surface area (Å²) in [6, 6.07) is 4.99. The lowest BCUT2D eigenvalue weighted by atomic mass is 10.1. The predicted molar refractivity (Wildman–Crippen MR) is 58.0 cm³/mol. The first-order valence-electron chi connectivity index (χ1n) is 3.66. The summed E-state index contributed by atoms with van der Waals surface area (Å²) >= 11 is 7.31. The van der Waals surface area contributed by atoms with Crippen molar-refractivity contribution in [2.75, 3.05) is 0 Å². The van der Waals surface area contributed by atoms with Crippen LogP contribution in [0, 0.1) is 11.3 Å². The molecule has 1 rings (SSSR count). The van der Waals surface area contributed by atoms with Gasteiger partial charge >= 0.3 is 5.97 Å². The first-order valence-corrected chi connectivity index (χ1v) is 5.23. The van der Waals surface area contributed by atoms with Crippen molar-refractivity contribution >= 4 is 34.5 Å². The summed E-state index contributed by atoms with van der Waals surface area (Å²) in [6.45, 7) is 0. The highest BCUT2D eigenvalue weighted by Crippen LogP contribution is 2.24. The van der Waals surface area contributed by atoms with Crippen molar-refractivity contribution in [2.45, 2.75) is 10.2 Å². The Hall–Kier alpha value is -0.990. The molecular formula is C9H6BrNO2S. The molecule has 0 amide bonds. The molecule has 0 fully saturated rings. The Morgan fingerprint density at radius 1 is 1.64 bits per heavy atom. The minimum atomic E-state index is -1.13. The number of nitrogens with zero attached hydrogens (tertiary/aromatic N) is 1. The number of hydrogen-bond donors (Lipinski definition) is 2. The van der Waals surface area contributed by atoms with Crippen molar-refractivity contribution < 1.29 is 9.90 Å². The molecule has 0 aliphatic carbocycles. The predicted octanol–water partition coefficient (Wildman–Crippen LogP) is 2.44. The number of carboxylic acids is 1. The molecule has 1 aromatic carbocycles. The average Bonchev–Trinajstić information content (AvgIpc) is 2.16. The summed E-state index contributed by atoms with van der Waals surface area (Å²) in [5, 5.41) is 18.1. The van der Waals surface area contributed by atoms with Gasteiger partial charge in [-0.15, -0.1) is 12.6 Å². The quantitative estimate of drug-likeness (QED) is 0.642. The van der Waals surface area contributed by atoms with E-state index in [1.165, 1.54) is 6.07 Å². The SMILES string of the molecule is N#Cc1ccc(CBr)c(S)c1C(=O)O. The molecule has 0 saturated carbocycles. The number of benzene rings is 1. The van der Waals surface area contributed by atoms with Crippen molar-refractivity contribution in [2.24, 2.45) is 0 Å². The molecule has 14 heavy (non-hydrogen) atoms. The molecule has 0 aromatic heterocycles. The molecule has 0 heterocycles. The minimum absolute atomic E-state index is 0.0345. The van der Waals surface area contributed by atoms with Crippen LogP contribution in [0.4, 0.5) is 0 Å². The fourth-order valence-electron chi connectivity index (χ4n) is 1.05. The second-order valence-corrected chi connectivity index (χ2v) is 3.55. The molecule has 3 nitrogen and oxygen atoms in total. The molecule has 0 radical (unpaired) electrons. The van der Waals surface area contributed by atoms with Crippen LogP contribution in [0.25, 0.3) is 0 Å². The third kappa shape index (κ3) is 1.91. The van der Waals surface area contributed by atoms with Crippen molar-refractivity contribution in [3.8, 4) is 6.07 Å². The lowest BCUT2D eigenvalue weighted by Gasteiger charge is -2.06. The van der Waals surface area contributed by atoms with E-state index >= 15 is 0 Å². The highest BCUT2D eigenvalue weighted by atomic mass is 79.9. The average molecular weight is 272 g/mol. The van der Waals surface area contributed by atoms with Crippen molar-refractivity contribution in [3.63, 3.8) is 0 Å². The van der Waals surface area contributed by atoms with Gasteiger partial charge in [-0.25, -0.2) is 4.79 Å². The maximum atomic E-state index is 10.9. The number of aromatic carboxylic acids is 1. The Morgan fingerprint density at radius 2 is 2.29 bits per heavy atom. The summed E-state index contributed by atoms with van der Waals surface area (Å²) in [5.41, 5.74) is 0.852. The molecule has 72 valence electrons. The molecule has 0 aliphatic heterocycles. The largest absolute Gasteiger partial charge is 0.478 e. The maximum Gasteiger partial charge on any atom is 0.338 e. The molecule has 0 aliphatic rings. The zero-order valence-electron chi connectivity index (χ0n) is 6.99. The van der Waals surface area contributed by atoms with Gasteiger partial charge in [-0.1, -0.05) is 22.0 Å². The summed E-state index contributed by atoms with van der Waals surface area (Å²) in [6.07, 6.45) is 0. The standard InChI is InChI=1S/C9H6BrNO2S/c10-3-5-1-2-6(4-11)7(8(5)14)9(12)13/h1-2,14H,3H2,(H,12,13). The monoisotopic (exact) mass is 271 g/mol. The zero-order valence-corrected chi connectivity index (χ0v) is 9.47. The van der Waals surface area contributed by atoms with E-state index in [0.29, 0.717) is 10.2 Å². The number of carboxylic acid groups (broad SMARTS) is 1. The highest BCUT2D eigenvalue weighted by molar-refractivity contribution is 9.08. The van der Waals surface area contributed by atoms with Crippen molar-refractivity contribution in [1.82, 2.24) is 0 Å². The Bertz CT molecular complexity index is 426. The van der Waals surface area contributed by atoms with Gasteiger partial charge in [0.1, 0.15) is 6.07 Å². The van der Waals surface area contributed by atoms with Crippen LogP contribution in [0.15, 0.2) is 17.0 Å². The van der Waals surface area contributed by atoms with E-state index < -0.39 is 5.97 Å². The van der Waals surface area contributed by atoms with E-state index in [4.69, 9.17) is 10.4 Å². The van der Waals surface area contributed by atoms with Crippen LogP contribution < -0.4 is 0 Å². The molecule has 0 unspecified atom stereocenters. The Labute approximate surface area is 94.9 Å². The second kappa shape index (κ2) is 4.49. The van der Waals surface area contributed by atoms with Crippen molar-refractivity contribution in [3.05, 3.63) is 28.8 Å². The lowest BCUT2D eigenvalue weighted by molar-refractivity contribution is 0.0692. The van der Waals surface area contributed by atoms with E-state index in [2.05, 4.69) is 28.6 Å². The molecule has 0 bridgehead atoms. The van der Waals surface area contributed by atoms with Crippen LogP contribution in [-0.2, 0) is 5.33 Å². The third-order valence-corrected chi connectivity index (χ3v) is 2.85. The van der Waals surface area contributed by atoms with Crippen molar-refractivity contribution in [1.29, 1.82) is 5.26 Å². The molecule has 0 saturated heterocycles. The molecular weight excluding hydrogens is 266 g/mol. The third-order valence-electron chi connectivity index (χ3n) is 1.74. The van der Waals surface area contributed by atoms with Crippen LogP contribution in [-0.4, -0.2) is 11.1 Å². The number of halogens is 1. The van der Waals surface area contributed by atoms with Gasteiger partial charge in [-0.2, -0.15) is 5.26 Å².